The maximum atomic E-state index is 13.4. The number of para-hydroxylation sites is 1. The Kier molecular flexibility index (Phi) is 6.39. The molecule has 7 nitrogen and oxygen atoms in total. The van der Waals surface area contributed by atoms with Gasteiger partial charge in [0.1, 0.15) is 11.4 Å². The van der Waals surface area contributed by atoms with Crippen LogP contribution in [0, 0.1) is 0 Å². The minimum absolute atomic E-state index is 0.185. The van der Waals surface area contributed by atoms with Gasteiger partial charge in [0.05, 0.1) is 24.7 Å². The highest BCUT2D eigenvalue weighted by Gasteiger charge is 2.19. The molecule has 0 fully saturated rings. The number of amides is 1. The lowest BCUT2D eigenvalue weighted by atomic mass is 10.1. The van der Waals surface area contributed by atoms with E-state index in [1.165, 1.54) is 0 Å². The lowest BCUT2D eigenvalue weighted by molar-refractivity contribution is 0.0951. The molecule has 0 bridgehead atoms. The zero-order valence-electron chi connectivity index (χ0n) is 19.3. The molecule has 5 rings (SSSR count). The van der Waals surface area contributed by atoms with Gasteiger partial charge in [0.2, 0.25) is 0 Å². The second kappa shape index (κ2) is 10.1. The zero-order chi connectivity index (χ0) is 24.0. The first-order chi connectivity index (χ1) is 17.2. The molecule has 2 heterocycles. The molecule has 0 radical (unpaired) electrons. The number of carbonyl (C=O) groups is 1. The molecule has 0 aliphatic carbocycles. The van der Waals surface area contributed by atoms with Crippen molar-refractivity contribution in [2.75, 3.05) is 7.11 Å². The maximum absolute atomic E-state index is 13.4. The van der Waals surface area contributed by atoms with E-state index in [1.54, 1.807) is 30.5 Å². The van der Waals surface area contributed by atoms with Crippen LogP contribution >= 0.6 is 0 Å². The number of methoxy groups -OCH3 is 1. The highest BCUT2D eigenvalue weighted by atomic mass is 16.5. The predicted octanol–water partition coefficient (Wildman–Crippen LogP) is 4.72. The average molecular weight is 464 g/mol. The summed E-state index contributed by atoms with van der Waals surface area (Å²) >= 11 is 0. The van der Waals surface area contributed by atoms with Gasteiger partial charge < -0.3 is 14.6 Å². The Morgan fingerprint density at radius 3 is 2.40 bits per heavy atom. The molecule has 2 aromatic heterocycles. The number of rotatable bonds is 8. The Morgan fingerprint density at radius 2 is 1.69 bits per heavy atom. The van der Waals surface area contributed by atoms with Crippen LogP contribution in [0.25, 0.3) is 16.9 Å². The molecule has 1 N–H and O–H groups in total. The van der Waals surface area contributed by atoms with Crippen LogP contribution in [0.2, 0.25) is 0 Å². The fraction of sp³-hybridized carbons (Fsp3) is 0.107. The van der Waals surface area contributed by atoms with Crippen molar-refractivity contribution >= 4 is 5.91 Å². The van der Waals surface area contributed by atoms with Gasteiger partial charge in [-0.1, -0.05) is 42.5 Å². The quantitative estimate of drug-likeness (QED) is 0.361. The fourth-order valence-electron chi connectivity index (χ4n) is 3.95. The van der Waals surface area contributed by atoms with Crippen molar-refractivity contribution in [1.29, 1.82) is 0 Å². The Morgan fingerprint density at radius 1 is 0.943 bits per heavy atom. The SMILES string of the molecule is COc1ccc(-c2nn(-c3ccccc3)cc2C(=O)NCc2ccccc2Cn2ccnc2)cc1. The van der Waals surface area contributed by atoms with Crippen molar-refractivity contribution in [3.05, 3.63) is 120 Å². The fourth-order valence-corrected chi connectivity index (χ4v) is 3.95. The van der Waals surface area contributed by atoms with Gasteiger partial charge >= 0.3 is 0 Å². The minimum Gasteiger partial charge on any atom is -0.497 e. The van der Waals surface area contributed by atoms with E-state index in [0.29, 0.717) is 24.3 Å². The van der Waals surface area contributed by atoms with Gasteiger partial charge in [-0.05, 0) is 47.5 Å². The van der Waals surface area contributed by atoms with Gasteiger partial charge in [-0.3, -0.25) is 4.79 Å². The van der Waals surface area contributed by atoms with Crippen LogP contribution in [0.4, 0.5) is 0 Å². The lowest BCUT2D eigenvalue weighted by Crippen LogP contribution is -2.23. The third-order valence-corrected chi connectivity index (χ3v) is 5.81. The third kappa shape index (κ3) is 4.99. The summed E-state index contributed by atoms with van der Waals surface area (Å²) in [6.07, 6.45) is 7.25. The molecule has 174 valence electrons. The highest BCUT2D eigenvalue weighted by Crippen LogP contribution is 2.26. The summed E-state index contributed by atoms with van der Waals surface area (Å²) in [5.74, 6) is 0.562. The van der Waals surface area contributed by atoms with Gasteiger partial charge in [0.25, 0.3) is 5.91 Å². The number of ether oxygens (including phenoxy) is 1. The Balaban J connectivity index is 1.42. The first-order valence-corrected chi connectivity index (χ1v) is 11.3. The molecular weight excluding hydrogens is 438 g/mol. The van der Waals surface area contributed by atoms with Crippen LogP contribution in [0.3, 0.4) is 0 Å². The van der Waals surface area contributed by atoms with E-state index in [1.807, 2.05) is 83.6 Å². The van der Waals surface area contributed by atoms with E-state index in [0.717, 1.165) is 28.1 Å². The normalized spacial score (nSPS) is 10.8. The Hall–Kier alpha value is -4.65. The first-order valence-electron chi connectivity index (χ1n) is 11.3. The molecule has 0 unspecified atom stereocenters. The van der Waals surface area contributed by atoms with Crippen molar-refractivity contribution in [3.8, 4) is 22.7 Å². The van der Waals surface area contributed by atoms with Crippen LogP contribution in [0.15, 0.2) is 104 Å². The predicted molar refractivity (Wildman–Crippen MR) is 134 cm³/mol. The average Bonchev–Trinajstić information content (AvgIpc) is 3.59. The van der Waals surface area contributed by atoms with Crippen LogP contribution in [-0.4, -0.2) is 32.3 Å². The summed E-state index contributed by atoms with van der Waals surface area (Å²) in [6, 6.07) is 25.4. The Bertz CT molecular complexity index is 1410. The van der Waals surface area contributed by atoms with E-state index in [-0.39, 0.29) is 5.91 Å². The number of carbonyl (C=O) groups excluding carboxylic acids is 1. The van der Waals surface area contributed by atoms with Gasteiger partial charge in [0.15, 0.2) is 0 Å². The van der Waals surface area contributed by atoms with Gasteiger partial charge in [-0.15, -0.1) is 0 Å². The molecule has 3 aromatic carbocycles. The molecule has 7 heteroatoms. The number of benzene rings is 3. The lowest BCUT2D eigenvalue weighted by Gasteiger charge is -2.11. The van der Waals surface area contributed by atoms with Crippen LogP contribution in [0.1, 0.15) is 21.5 Å². The molecule has 0 atom stereocenters. The highest BCUT2D eigenvalue weighted by molar-refractivity contribution is 6.00. The molecule has 0 saturated heterocycles. The molecule has 1 amide bonds. The third-order valence-electron chi connectivity index (χ3n) is 5.81. The Labute approximate surface area is 203 Å². The summed E-state index contributed by atoms with van der Waals surface area (Å²) in [7, 11) is 1.63. The second-order valence-electron chi connectivity index (χ2n) is 8.09. The zero-order valence-corrected chi connectivity index (χ0v) is 19.3. The van der Waals surface area contributed by atoms with Gasteiger partial charge in [0, 0.05) is 37.2 Å². The summed E-state index contributed by atoms with van der Waals surface area (Å²) in [4.78, 5) is 17.5. The summed E-state index contributed by atoms with van der Waals surface area (Å²) in [5.41, 5.74) is 5.02. The van der Waals surface area contributed by atoms with E-state index in [4.69, 9.17) is 9.84 Å². The van der Waals surface area contributed by atoms with E-state index in [9.17, 15) is 4.79 Å². The molecule has 0 aliphatic rings. The van der Waals surface area contributed by atoms with E-state index < -0.39 is 0 Å². The van der Waals surface area contributed by atoms with Gasteiger partial charge in [-0.25, -0.2) is 9.67 Å². The first kappa shape index (κ1) is 22.2. The molecule has 0 aliphatic heterocycles. The number of nitrogens with zero attached hydrogens (tertiary/aromatic N) is 4. The minimum atomic E-state index is -0.185. The molecule has 0 saturated carbocycles. The monoisotopic (exact) mass is 463 g/mol. The van der Waals surface area contributed by atoms with Crippen molar-refractivity contribution in [2.45, 2.75) is 13.1 Å². The number of imidazole rings is 1. The molecular formula is C28H25N5O2. The summed E-state index contributed by atoms with van der Waals surface area (Å²) in [5, 5.41) is 7.85. The van der Waals surface area contributed by atoms with Gasteiger partial charge in [-0.2, -0.15) is 5.10 Å². The number of nitrogens with one attached hydrogen (secondary N) is 1. The second-order valence-corrected chi connectivity index (χ2v) is 8.09. The summed E-state index contributed by atoms with van der Waals surface area (Å²) in [6.45, 7) is 1.09. The largest absolute Gasteiger partial charge is 0.497 e. The van der Waals surface area contributed by atoms with Crippen LogP contribution in [0.5, 0.6) is 5.75 Å². The topological polar surface area (TPSA) is 74.0 Å². The van der Waals surface area contributed by atoms with Crippen molar-refractivity contribution in [3.63, 3.8) is 0 Å². The molecule has 5 aromatic rings. The maximum Gasteiger partial charge on any atom is 0.255 e. The summed E-state index contributed by atoms with van der Waals surface area (Å²) < 4.78 is 9.03. The van der Waals surface area contributed by atoms with E-state index in [2.05, 4.69) is 16.4 Å². The van der Waals surface area contributed by atoms with Crippen LogP contribution < -0.4 is 10.1 Å². The number of hydrogen-bond acceptors (Lipinski definition) is 4. The standard InChI is InChI=1S/C28H25N5O2/c1-35-25-13-11-21(12-14-25)27-26(19-33(31-27)24-9-3-2-4-10-24)28(34)30-17-22-7-5-6-8-23(22)18-32-16-15-29-20-32/h2-16,19-20H,17-18H2,1H3,(H,30,34). The smallest absolute Gasteiger partial charge is 0.255 e. The van der Waals surface area contributed by atoms with Crippen molar-refractivity contribution in [2.24, 2.45) is 0 Å². The molecule has 0 spiro atoms. The number of aromatic nitrogens is 4. The van der Waals surface area contributed by atoms with Crippen molar-refractivity contribution in [1.82, 2.24) is 24.6 Å². The van der Waals surface area contributed by atoms with Crippen LogP contribution in [-0.2, 0) is 13.1 Å². The van der Waals surface area contributed by atoms with E-state index >= 15 is 0 Å². The van der Waals surface area contributed by atoms with Crippen molar-refractivity contribution < 1.29 is 9.53 Å². The number of hydrogen-bond donors (Lipinski definition) is 1. The molecule has 35 heavy (non-hydrogen) atoms.